The van der Waals surface area contributed by atoms with Gasteiger partial charge in [-0.15, -0.1) is 0 Å². The Labute approximate surface area is 136 Å². The molecule has 1 aromatic heterocycles. The monoisotopic (exact) mass is 402 g/mol. The smallest absolute Gasteiger partial charge is 0.295 e. The highest BCUT2D eigenvalue weighted by Gasteiger charge is 2.21. The molecule has 0 aliphatic heterocycles. The van der Waals surface area contributed by atoms with Gasteiger partial charge in [0.2, 0.25) is 0 Å². The standard InChI is InChI=1S/C15H20Br2N2O/c1-15(2,3)8-11(17)9-6-12-13(7-10(9)16)19(5)14(20)18(12)4/h6-7,11H,8H2,1-5H3. The van der Waals surface area contributed by atoms with E-state index >= 15 is 0 Å². The Morgan fingerprint density at radius 2 is 1.65 bits per heavy atom. The van der Waals surface area contributed by atoms with Crippen LogP contribution in [0.1, 0.15) is 37.6 Å². The minimum atomic E-state index is 0.00555. The number of rotatable bonds is 2. The van der Waals surface area contributed by atoms with Crippen LogP contribution in [0.5, 0.6) is 0 Å². The zero-order valence-electron chi connectivity index (χ0n) is 12.5. The van der Waals surface area contributed by atoms with E-state index in [0.29, 0.717) is 0 Å². The highest BCUT2D eigenvalue weighted by atomic mass is 79.9. The number of aryl methyl sites for hydroxylation is 2. The van der Waals surface area contributed by atoms with Gasteiger partial charge in [-0.1, -0.05) is 52.6 Å². The topological polar surface area (TPSA) is 26.9 Å². The van der Waals surface area contributed by atoms with E-state index in [9.17, 15) is 4.79 Å². The molecule has 0 bridgehead atoms. The van der Waals surface area contributed by atoms with Crippen molar-refractivity contribution in [1.82, 2.24) is 9.13 Å². The molecule has 0 aliphatic rings. The van der Waals surface area contributed by atoms with Crippen molar-refractivity contribution in [2.75, 3.05) is 0 Å². The van der Waals surface area contributed by atoms with Crippen LogP contribution < -0.4 is 5.69 Å². The van der Waals surface area contributed by atoms with Crippen molar-refractivity contribution in [3.05, 3.63) is 32.7 Å². The van der Waals surface area contributed by atoms with E-state index in [4.69, 9.17) is 0 Å². The average Bonchev–Trinajstić information content (AvgIpc) is 2.51. The molecule has 1 unspecified atom stereocenters. The van der Waals surface area contributed by atoms with E-state index < -0.39 is 0 Å². The van der Waals surface area contributed by atoms with E-state index in [1.54, 1.807) is 16.2 Å². The molecule has 0 fully saturated rings. The first-order valence-corrected chi connectivity index (χ1v) is 8.31. The lowest BCUT2D eigenvalue weighted by atomic mass is 9.88. The summed E-state index contributed by atoms with van der Waals surface area (Å²) in [5.74, 6) is 0. The van der Waals surface area contributed by atoms with Crippen molar-refractivity contribution >= 4 is 42.9 Å². The minimum absolute atomic E-state index is 0.00555. The summed E-state index contributed by atoms with van der Waals surface area (Å²) in [5.41, 5.74) is 3.35. The number of imidazole rings is 1. The summed E-state index contributed by atoms with van der Waals surface area (Å²) >= 11 is 7.42. The molecule has 2 aromatic rings. The number of aromatic nitrogens is 2. The summed E-state index contributed by atoms with van der Waals surface area (Å²) in [7, 11) is 3.62. The molecule has 3 nitrogen and oxygen atoms in total. The first kappa shape index (κ1) is 15.8. The second kappa shape index (κ2) is 5.34. The summed E-state index contributed by atoms with van der Waals surface area (Å²) in [4.78, 5) is 12.3. The maximum Gasteiger partial charge on any atom is 0.328 e. The number of nitrogens with zero attached hydrogens (tertiary/aromatic N) is 2. The van der Waals surface area contributed by atoms with Crippen molar-refractivity contribution < 1.29 is 0 Å². The molecule has 110 valence electrons. The highest BCUT2D eigenvalue weighted by molar-refractivity contribution is 9.11. The Balaban J connectivity index is 2.59. The van der Waals surface area contributed by atoms with E-state index in [2.05, 4.69) is 58.7 Å². The van der Waals surface area contributed by atoms with Gasteiger partial charge in [0.05, 0.1) is 11.0 Å². The molecule has 0 saturated carbocycles. The van der Waals surface area contributed by atoms with Gasteiger partial charge in [-0.2, -0.15) is 0 Å². The second-order valence-corrected chi connectivity index (χ2v) is 8.46. The lowest BCUT2D eigenvalue weighted by molar-refractivity contribution is 0.376. The molecule has 0 spiro atoms. The predicted octanol–water partition coefficient (Wildman–Crippen LogP) is 4.51. The van der Waals surface area contributed by atoms with Gasteiger partial charge < -0.3 is 0 Å². The molecule has 1 heterocycles. The van der Waals surface area contributed by atoms with Crippen LogP contribution in [0.25, 0.3) is 11.0 Å². The molecular formula is C15H20Br2N2O. The Morgan fingerprint density at radius 1 is 1.15 bits per heavy atom. The van der Waals surface area contributed by atoms with Gasteiger partial charge >= 0.3 is 5.69 Å². The summed E-state index contributed by atoms with van der Waals surface area (Å²) < 4.78 is 4.41. The van der Waals surface area contributed by atoms with Crippen LogP contribution in [0.2, 0.25) is 0 Å². The first-order valence-electron chi connectivity index (χ1n) is 6.61. The van der Waals surface area contributed by atoms with Gasteiger partial charge in [0.1, 0.15) is 0 Å². The third kappa shape index (κ3) is 2.89. The third-order valence-electron chi connectivity index (χ3n) is 3.52. The Hall–Kier alpha value is -0.550. The fraction of sp³-hybridized carbons (Fsp3) is 0.533. The van der Waals surface area contributed by atoms with Gasteiger partial charge in [0.15, 0.2) is 0 Å². The van der Waals surface area contributed by atoms with Crippen LogP contribution in [0.15, 0.2) is 21.4 Å². The van der Waals surface area contributed by atoms with E-state index in [-0.39, 0.29) is 15.9 Å². The summed E-state index contributed by atoms with van der Waals surface area (Å²) in [6.45, 7) is 6.68. The second-order valence-electron chi connectivity index (χ2n) is 6.50. The number of halogens is 2. The van der Waals surface area contributed by atoms with Crippen molar-refractivity contribution in [1.29, 1.82) is 0 Å². The fourth-order valence-corrected chi connectivity index (χ4v) is 4.69. The molecule has 0 N–H and O–H groups in total. The van der Waals surface area contributed by atoms with Crippen LogP contribution in [0.3, 0.4) is 0 Å². The van der Waals surface area contributed by atoms with Crippen LogP contribution in [0.4, 0.5) is 0 Å². The third-order valence-corrected chi connectivity index (χ3v) is 5.02. The van der Waals surface area contributed by atoms with Crippen LogP contribution in [0, 0.1) is 5.41 Å². The Bertz CT molecular complexity index is 707. The highest BCUT2D eigenvalue weighted by Crippen LogP contribution is 2.39. The van der Waals surface area contributed by atoms with Crippen LogP contribution in [-0.4, -0.2) is 9.13 Å². The zero-order valence-corrected chi connectivity index (χ0v) is 15.7. The average molecular weight is 404 g/mol. The fourth-order valence-electron chi connectivity index (χ4n) is 2.42. The summed E-state index contributed by atoms with van der Waals surface area (Å²) in [6, 6.07) is 4.13. The number of hydrogen-bond acceptors (Lipinski definition) is 1. The van der Waals surface area contributed by atoms with Crippen molar-refractivity contribution in [3.63, 3.8) is 0 Å². The largest absolute Gasteiger partial charge is 0.328 e. The van der Waals surface area contributed by atoms with Gasteiger partial charge in [0.25, 0.3) is 0 Å². The maximum absolute atomic E-state index is 12.0. The molecule has 1 aromatic carbocycles. The molecule has 0 amide bonds. The van der Waals surface area contributed by atoms with Gasteiger partial charge in [0, 0.05) is 23.4 Å². The zero-order chi connectivity index (χ0) is 15.2. The predicted molar refractivity (Wildman–Crippen MR) is 91.6 cm³/mol. The van der Waals surface area contributed by atoms with Crippen molar-refractivity contribution in [2.24, 2.45) is 19.5 Å². The lowest BCUT2D eigenvalue weighted by Crippen LogP contribution is -2.19. The Morgan fingerprint density at radius 3 is 2.15 bits per heavy atom. The van der Waals surface area contributed by atoms with E-state index in [1.807, 2.05) is 13.1 Å². The molecule has 0 saturated heterocycles. The van der Waals surface area contributed by atoms with Gasteiger partial charge in [-0.05, 0) is 29.5 Å². The lowest BCUT2D eigenvalue weighted by Gasteiger charge is -2.23. The molecule has 0 aliphatic carbocycles. The summed E-state index contributed by atoms with van der Waals surface area (Å²) in [6.07, 6.45) is 1.03. The number of hydrogen-bond donors (Lipinski definition) is 0. The number of alkyl halides is 1. The Kier molecular flexibility index (Phi) is 4.22. The molecule has 2 rings (SSSR count). The van der Waals surface area contributed by atoms with E-state index in [0.717, 1.165) is 21.9 Å². The van der Waals surface area contributed by atoms with Gasteiger partial charge in [-0.3, -0.25) is 9.13 Å². The van der Waals surface area contributed by atoms with Crippen molar-refractivity contribution in [3.8, 4) is 0 Å². The molecule has 1 atom stereocenters. The van der Waals surface area contributed by atoms with Crippen LogP contribution >= 0.6 is 31.9 Å². The number of fused-ring (bicyclic) bond motifs is 1. The molecule has 20 heavy (non-hydrogen) atoms. The van der Waals surface area contributed by atoms with Crippen molar-refractivity contribution in [2.45, 2.75) is 32.0 Å². The summed E-state index contributed by atoms with van der Waals surface area (Å²) in [5, 5.41) is 0. The molecule has 5 heteroatoms. The van der Waals surface area contributed by atoms with E-state index in [1.165, 1.54) is 5.56 Å². The maximum atomic E-state index is 12.0. The minimum Gasteiger partial charge on any atom is -0.295 e. The van der Waals surface area contributed by atoms with Crippen LogP contribution in [-0.2, 0) is 14.1 Å². The normalized spacial score (nSPS) is 13.9. The number of benzene rings is 1. The quantitative estimate of drug-likeness (QED) is 0.677. The molecular weight excluding hydrogens is 384 g/mol. The van der Waals surface area contributed by atoms with Gasteiger partial charge in [-0.25, -0.2) is 4.79 Å². The SMILES string of the molecule is Cn1c(=O)n(C)c2cc(C(Br)CC(C)(C)C)c(Br)cc21. The first-order chi connectivity index (χ1) is 9.11. The molecule has 0 radical (unpaired) electrons.